The van der Waals surface area contributed by atoms with Gasteiger partial charge in [0.25, 0.3) is 0 Å². The van der Waals surface area contributed by atoms with Crippen LogP contribution >= 0.6 is 0 Å². The van der Waals surface area contributed by atoms with Crippen molar-refractivity contribution in [2.24, 2.45) is 0 Å². The summed E-state index contributed by atoms with van der Waals surface area (Å²) in [6.07, 6.45) is 0. The van der Waals surface area contributed by atoms with E-state index in [-0.39, 0.29) is 0 Å². The molecule has 0 aliphatic carbocycles. The Morgan fingerprint density at radius 1 is 1.00 bits per heavy atom. The van der Waals surface area contributed by atoms with Crippen LogP contribution in [0, 0.1) is 25.2 Å². The molecule has 2 heterocycles. The maximum absolute atomic E-state index is 8.98. The van der Waals surface area contributed by atoms with Gasteiger partial charge in [0, 0.05) is 16.8 Å². The third-order valence-electron chi connectivity index (χ3n) is 3.07. The lowest BCUT2D eigenvalue weighted by atomic mass is 10.2. The number of nitrogens with one attached hydrogen (secondary N) is 1. The van der Waals surface area contributed by atoms with Crippen molar-refractivity contribution >= 4 is 22.5 Å². The molecule has 0 aliphatic heterocycles. The molecule has 0 radical (unpaired) electrons. The van der Waals surface area contributed by atoms with E-state index in [0.29, 0.717) is 11.6 Å². The second kappa shape index (κ2) is 5.17. The molecule has 1 aromatic carbocycles. The number of para-hydroxylation sites is 1. The van der Waals surface area contributed by atoms with Crippen molar-refractivity contribution in [1.29, 1.82) is 5.26 Å². The maximum Gasteiger partial charge on any atom is 0.228 e. The number of fused-ring (bicyclic) bond motifs is 1. The van der Waals surface area contributed by atoms with E-state index in [2.05, 4.69) is 20.3 Å². The molecule has 0 atom stereocenters. The van der Waals surface area contributed by atoms with Gasteiger partial charge in [0.1, 0.15) is 11.8 Å². The first-order valence-electron chi connectivity index (χ1n) is 6.55. The highest BCUT2D eigenvalue weighted by molar-refractivity contribution is 5.91. The predicted octanol–water partition coefficient (Wildman–Crippen LogP) is 3.26. The van der Waals surface area contributed by atoms with Gasteiger partial charge >= 0.3 is 0 Å². The summed E-state index contributed by atoms with van der Waals surface area (Å²) >= 11 is 0. The van der Waals surface area contributed by atoms with E-state index < -0.39 is 0 Å². The summed E-state index contributed by atoms with van der Waals surface area (Å²) in [5.74, 6) is 0.405. The molecule has 0 bridgehead atoms. The molecule has 0 spiro atoms. The van der Waals surface area contributed by atoms with Gasteiger partial charge in [-0.1, -0.05) is 18.2 Å². The SMILES string of the molecule is Cc1cc(C#N)nc(Nc2cccc3ccc(C)nc23)n1. The summed E-state index contributed by atoms with van der Waals surface area (Å²) in [4.78, 5) is 13.0. The number of nitriles is 1. The van der Waals surface area contributed by atoms with Gasteiger partial charge in [0.15, 0.2) is 0 Å². The van der Waals surface area contributed by atoms with Crippen LogP contribution in [0.1, 0.15) is 17.1 Å². The van der Waals surface area contributed by atoms with Gasteiger partial charge in [-0.05, 0) is 32.0 Å². The lowest BCUT2D eigenvalue weighted by molar-refractivity contribution is 1.09. The fourth-order valence-corrected chi connectivity index (χ4v) is 2.15. The zero-order chi connectivity index (χ0) is 14.8. The largest absolute Gasteiger partial charge is 0.322 e. The van der Waals surface area contributed by atoms with Crippen LogP contribution < -0.4 is 5.32 Å². The minimum atomic E-state index is 0.342. The lowest BCUT2D eigenvalue weighted by Crippen LogP contribution is -2.01. The Hall–Kier alpha value is -3.00. The Morgan fingerprint density at radius 3 is 2.67 bits per heavy atom. The number of hydrogen-bond donors (Lipinski definition) is 1. The molecule has 5 nitrogen and oxygen atoms in total. The Labute approximate surface area is 122 Å². The van der Waals surface area contributed by atoms with Gasteiger partial charge in [-0.25, -0.2) is 9.97 Å². The van der Waals surface area contributed by atoms with Crippen molar-refractivity contribution in [2.45, 2.75) is 13.8 Å². The van der Waals surface area contributed by atoms with Crippen molar-refractivity contribution < 1.29 is 0 Å². The second-order valence-corrected chi connectivity index (χ2v) is 4.78. The number of pyridine rings is 1. The van der Waals surface area contributed by atoms with Crippen LogP contribution in [0.5, 0.6) is 0 Å². The zero-order valence-electron chi connectivity index (χ0n) is 11.8. The first-order valence-corrected chi connectivity index (χ1v) is 6.55. The summed E-state index contributed by atoms with van der Waals surface area (Å²) in [6, 6.07) is 13.6. The predicted molar refractivity (Wildman–Crippen MR) is 81.2 cm³/mol. The third kappa shape index (κ3) is 2.65. The average molecular weight is 275 g/mol. The standard InChI is InChI=1S/C16H13N5/c1-10-6-7-12-4-3-5-14(15(12)18-10)21-16-19-11(2)8-13(9-17)20-16/h3-8H,1-2H3,(H,19,20,21). The molecule has 0 fully saturated rings. The topological polar surface area (TPSA) is 74.5 Å². The van der Waals surface area contributed by atoms with Crippen molar-refractivity contribution in [2.75, 3.05) is 5.32 Å². The van der Waals surface area contributed by atoms with E-state index in [1.165, 1.54) is 0 Å². The van der Waals surface area contributed by atoms with Gasteiger partial charge in [0.2, 0.25) is 5.95 Å². The monoisotopic (exact) mass is 275 g/mol. The van der Waals surface area contributed by atoms with E-state index in [4.69, 9.17) is 5.26 Å². The number of anilines is 2. The van der Waals surface area contributed by atoms with Crippen LogP contribution in [0.2, 0.25) is 0 Å². The fraction of sp³-hybridized carbons (Fsp3) is 0.125. The van der Waals surface area contributed by atoms with Crippen LogP contribution in [0.25, 0.3) is 10.9 Å². The Kier molecular flexibility index (Phi) is 3.20. The molecule has 102 valence electrons. The van der Waals surface area contributed by atoms with Crippen LogP contribution in [0.4, 0.5) is 11.6 Å². The highest BCUT2D eigenvalue weighted by atomic mass is 15.1. The van der Waals surface area contributed by atoms with Gasteiger partial charge in [0.05, 0.1) is 11.2 Å². The summed E-state index contributed by atoms with van der Waals surface area (Å²) < 4.78 is 0. The molecule has 3 rings (SSSR count). The van der Waals surface area contributed by atoms with Crippen molar-refractivity contribution in [3.8, 4) is 6.07 Å². The Bertz CT molecular complexity index is 864. The van der Waals surface area contributed by atoms with Crippen LogP contribution in [-0.2, 0) is 0 Å². The summed E-state index contributed by atoms with van der Waals surface area (Å²) in [5, 5.41) is 13.2. The van der Waals surface area contributed by atoms with Gasteiger partial charge < -0.3 is 5.32 Å². The minimum absolute atomic E-state index is 0.342. The van der Waals surface area contributed by atoms with E-state index in [1.54, 1.807) is 6.07 Å². The van der Waals surface area contributed by atoms with E-state index in [1.807, 2.05) is 50.2 Å². The smallest absolute Gasteiger partial charge is 0.228 e. The van der Waals surface area contributed by atoms with E-state index in [9.17, 15) is 0 Å². The summed E-state index contributed by atoms with van der Waals surface area (Å²) in [6.45, 7) is 3.78. The molecule has 0 saturated heterocycles. The fourth-order valence-electron chi connectivity index (χ4n) is 2.15. The van der Waals surface area contributed by atoms with Crippen molar-refractivity contribution in [1.82, 2.24) is 15.0 Å². The molecule has 0 amide bonds. The van der Waals surface area contributed by atoms with Gasteiger partial charge in [-0.3, -0.25) is 4.98 Å². The Balaban J connectivity index is 2.08. The number of aryl methyl sites for hydroxylation is 2. The summed E-state index contributed by atoms with van der Waals surface area (Å²) in [7, 11) is 0. The quantitative estimate of drug-likeness (QED) is 0.777. The van der Waals surface area contributed by atoms with Crippen molar-refractivity contribution in [3.63, 3.8) is 0 Å². The van der Waals surface area contributed by atoms with Gasteiger partial charge in [-0.15, -0.1) is 0 Å². The van der Waals surface area contributed by atoms with Crippen LogP contribution in [-0.4, -0.2) is 15.0 Å². The zero-order valence-corrected chi connectivity index (χ0v) is 11.8. The van der Waals surface area contributed by atoms with E-state index in [0.717, 1.165) is 28.0 Å². The van der Waals surface area contributed by atoms with Crippen molar-refractivity contribution in [3.05, 3.63) is 53.5 Å². The van der Waals surface area contributed by atoms with Gasteiger partial charge in [-0.2, -0.15) is 5.26 Å². The molecular formula is C16H13N5. The van der Waals surface area contributed by atoms with E-state index >= 15 is 0 Å². The molecule has 21 heavy (non-hydrogen) atoms. The molecule has 3 aromatic rings. The minimum Gasteiger partial charge on any atom is -0.322 e. The van der Waals surface area contributed by atoms with Crippen LogP contribution in [0.15, 0.2) is 36.4 Å². The number of benzene rings is 1. The van der Waals surface area contributed by atoms with Crippen LogP contribution in [0.3, 0.4) is 0 Å². The average Bonchev–Trinajstić information content (AvgIpc) is 2.47. The number of hydrogen-bond acceptors (Lipinski definition) is 5. The number of aromatic nitrogens is 3. The normalized spacial score (nSPS) is 10.3. The molecule has 2 aromatic heterocycles. The molecule has 5 heteroatoms. The molecule has 0 saturated carbocycles. The highest BCUT2D eigenvalue weighted by Gasteiger charge is 2.06. The Morgan fingerprint density at radius 2 is 1.86 bits per heavy atom. The number of nitrogens with zero attached hydrogens (tertiary/aromatic N) is 4. The first kappa shape index (κ1) is 13.0. The second-order valence-electron chi connectivity index (χ2n) is 4.78. The molecular weight excluding hydrogens is 262 g/mol. The summed E-state index contributed by atoms with van der Waals surface area (Å²) in [5.41, 5.74) is 3.72. The third-order valence-corrected chi connectivity index (χ3v) is 3.07. The maximum atomic E-state index is 8.98. The molecule has 0 unspecified atom stereocenters. The molecule has 0 aliphatic rings. The first-order chi connectivity index (χ1) is 10.2. The highest BCUT2D eigenvalue weighted by Crippen LogP contribution is 2.24. The lowest BCUT2D eigenvalue weighted by Gasteiger charge is -2.09. The number of rotatable bonds is 2. The molecule has 1 N–H and O–H groups in total.